The van der Waals surface area contributed by atoms with Gasteiger partial charge >= 0.3 is 0 Å². The van der Waals surface area contributed by atoms with Gasteiger partial charge in [0.05, 0.1) is 18.4 Å². The van der Waals surface area contributed by atoms with Crippen LogP contribution in [0, 0.1) is 0 Å². The summed E-state index contributed by atoms with van der Waals surface area (Å²) in [4.78, 5) is 0. The second-order valence-electron chi connectivity index (χ2n) is 1.92. The van der Waals surface area contributed by atoms with Crippen LogP contribution in [0.1, 0.15) is 12.6 Å². The van der Waals surface area contributed by atoms with Crippen LogP contribution in [0.4, 0.5) is 0 Å². The fourth-order valence-electron chi connectivity index (χ4n) is 0.787. The topological polar surface area (TPSA) is 68.8 Å². The Balaban J connectivity index is 2.70. The van der Waals surface area contributed by atoms with Gasteiger partial charge < -0.3 is 0 Å². The van der Waals surface area contributed by atoms with Crippen LogP contribution in [-0.4, -0.2) is 15.0 Å². The van der Waals surface area contributed by atoms with E-state index in [1.165, 1.54) is 0 Å². The fourth-order valence-corrected chi connectivity index (χ4v) is 0.787. The van der Waals surface area contributed by atoms with E-state index in [2.05, 4.69) is 15.7 Å². The Labute approximate surface area is 59.2 Å². The molecule has 0 radical (unpaired) electrons. The first-order valence-electron chi connectivity index (χ1n) is 3.19. The molecule has 0 aliphatic rings. The van der Waals surface area contributed by atoms with Crippen LogP contribution in [0.15, 0.2) is 6.20 Å². The van der Waals surface area contributed by atoms with Crippen molar-refractivity contribution in [1.82, 2.24) is 20.4 Å². The highest BCUT2D eigenvalue weighted by atomic mass is 15.4. The molecule has 1 aromatic rings. The van der Waals surface area contributed by atoms with E-state index < -0.39 is 0 Å². The average Bonchev–Trinajstić information content (AvgIpc) is 2.36. The third-order valence-electron chi connectivity index (χ3n) is 1.28. The summed E-state index contributed by atoms with van der Waals surface area (Å²) in [5, 5.41) is 7.55. The molecule has 0 aromatic carbocycles. The summed E-state index contributed by atoms with van der Waals surface area (Å²) in [6.45, 7) is 3.45. The number of nitrogens with zero attached hydrogens (tertiary/aromatic N) is 3. The van der Waals surface area contributed by atoms with Crippen molar-refractivity contribution >= 4 is 0 Å². The molecule has 56 valence electrons. The lowest BCUT2D eigenvalue weighted by Gasteiger charge is -1.99. The fraction of sp³-hybridized carbons (Fsp3) is 0.600. The Morgan fingerprint density at radius 2 is 2.60 bits per heavy atom. The van der Waals surface area contributed by atoms with Gasteiger partial charge in [-0.15, -0.1) is 5.10 Å². The van der Waals surface area contributed by atoms with Crippen molar-refractivity contribution < 1.29 is 0 Å². The monoisotopic (exact) mass is 141 g/mol. The first-order valence-corrected chi connectivity index (χ1v) is 3.19. The van der Waals surface area contributed by atoms with Gasteiger partial charge in [0.25, 0.3) is 0 Å². The van der Waals surface area contributed by atoms with Crippen LogP contribution < -0.4 is 11.3 Å². The van der Waals surface area contributed by atoms with Gasteiger partial charge in [0.2, 0.25) is 0 Å². The molecule has 0 saturated heterocycles. The normalized spacial score (nSPS) is 10.2. The second kappa shape index (κ2) is 3.28. The van der Waals surface area contributed by atoms with E-state index in [4.69, 9.17) is 5.84 Å². The van der Waals surface area contributed by atoms with Crippen molar-refractivity contribution in [1.29, 1.82) is 0 Å². The minimum atomic E-state index is 0.612. The van der Waals surface area contributed by atoms with Gasteiger partial charge in [0.1, 0.15) is 0 Å². The lowest BCUT2D eigenvalue weighted by molar-refractivity contribution is 0.575. The molecule has 10 heavy (non-hydrogen) atoms. The van der Waals surface area contributed by atoms with Crippen molar-refractivity contribution in [2.24, 2.45) is 5.84 Å². The number of hydrogen-bond acceptors (Lipinski definition) is 4. The first-order chi connectivity index (χ1) is 4.88. The van der Waals surface area contributed by atoms with Gasteiger partial charge in [-0.25, -0.2) is 4.68 Å². The molecule has 0 saturated carbocycles. The van der Waals surface area contributed by atoms with E-state index >= 15 is 0 Å². The molecule has 0 unspecified atom stereocenters. The van der Waals surface area contributed by atoms with Crippen molar-refractivity contribution in [3.05, 3.63) is 11.9 Å². The molecule has 1 aromatic heterocycles. The van der Waals surface area contributed by atoms with Crippen molar-refractivity contribution in [2.75, 3.05) is 0 Å². The molecule has 3 N–H and O–H groups in total. The minimum absolute atomic E-state index is 0.612. The lowest BCUT2D eigenvalue weighted by atomic mass is 10.5. The zero-order valence-corrected chi connectivity index (χ0v) is 5.91. The zero-order chi connectivity index (χ0) is 7.40. The van der Waals surface area contributed by atoms with Crippen LogP contribution in [0.25, 0.3) is 0 Å². The maximum absolute atomic E-state index is 5.12. The molecule has 0 bridgehead atoms. The Morgan fingerprint density at radius 1 is 1.80 bits per heavy atom. The summed E-state index contributed by atoms with van der Waals surface area (Å²) in [5.74, 6) is 5.12. The molecule has 0 aliphatic heterocycles. The van der Waals surface area contributed by atoms with Gasteiger partial charge in [-0.1, -0.05) is 5.21 Å². The predicted molar refractivity (Wildman–Crippen MR) is 36.7 cm³/mol. The number of hydrogen-bond donors (Lipinski definition) is 2. The van der Waals surface area contributed by atoms with E-state index in [1.807, 2.05) is 6.92 Å². The maximum atomic E-state index is 5.12. The molecule has 5 heteroatoms. The number of aromatic nitrogens is 3. The lowest BCUT2D eigenvalue weighted by Crippen LogP contribution is -2.22. The molecule has 5 nitrogen and oxygen atoms in total. The standard InChI is InChI=1S/C5H11N5/c1-2-10-5(3-7-6)4-8-9-10/h4,7H,2-3,6H2,1H3. The first kappa shape index (κ1) is 7.17. The van der Waals surface area contributed by atoms with E-state index in [9.17, 15) is 0 Å². The minimum Gasteiger partial charge on any atom is -0.271 e. The van der Waals surface area contributed by atoms with Crippen molar-refractivity contribution in [2.45, 2.75) is 20.0 Å². The molecular formula is C5H11N5. The Hall–Kier alpha value is -0.940. The van der Waals surface area contributed by atoms with E-state index in [-0.39, 0.29) is 0 Å². The summed E-state index contributed by atoms with van der Waals surface area (Å²) >= 11 is 0. The number of rotatable bonds is 3. The highest BCUT2D eigenvalue weighted by Crippen LogP contribution is 1.93. The molecule has 0 amide bonds. The molecule has 1 rings (SSSR count). The summed E-state index contributed by atoms with van der Waals surface area (Å²) < 4.78 is 1.79. The van der Waals surface area contributed by atoms with Crippen LogP contribution >= 0.6 is 0 Å². The van der Waals surface area contributed by atoms with Gasteiger partial charge in [0.15, 0.2) is 0 Å². The van der Waals surface area contributed by atoms with Crippen LogP contribution in [0.2, 0.25) is 0 Å². The Morgan fingerprint density at radius 3 is 3.20 bits per heavy atom. The van der Waals surface area contributed by atoms with Gasteiger partial charge in [-0.2, -0.15) is 0 Å². The SMILES string of the molecule is CCn1nncc1CNN. The summed E-state index contributed by atoms with van der Waals surface area (Å²) in [6.07, 6.45) is 1.70. The summed E-state index contributed by atoms with van der Waals surface area (Å²) in [6, 6.07) is 0. The number of nitrogens with one attached hydrogen (secondary N) is 1. The zero-order valence-electron chi connectivity index (χ0n) is 5.91. The van der Waals surface area contributed by atoms with Crippen LogP contribution in [0.3, 0.4) is 0 Å². The predicted octanol–water partition coefficient (Wildman–Crippen LogP) is -0.739. The largest absolute Gasteiger partial charge is 0.271 e. The quantitative estimate of drug-likeness (QED) is 0.430. The van der Waals surface area contributed by atoms with E-state index in [0.29, 0.717) is 6.54 Å². The summed E-state index contributed by atoms with van der Waals surface area (Å²) in [5.41, 5.74) is 3.55. The van der Waals surface area contributed by atoms with Crippen molar-refractivity contribution in [3.8, 4) is 0 Å². The van der Waals surface area contributed by atoms with E-state index in [1.54, 1.807) is 10.9 Å². The maximum Gasteiger partial charge on any atom is 0.0739 e. The van der Waals surface area contributed by atoms with Gasteiger partial charge in [-0.3, -0.25) is 11.3 Å². The van der Waals surface area contributed by atoms with Crippen LogP contribution in [0.5, 0.6) is 0 Å². The smallest absolute Gasteiger partial charge is 0.0739 e. The Kier molecular flexibility index (Phi) is 2.35. The van der Waals surface area contributed by atoms with Gasteiger partial charge in [0, 0.05) is 6.54 Å². The van der Waals surface area contributed by atoms with Crippen LogP contribution in [-0.2, 0) is 13.1 Å². The Bertz CT molecular complexity index is 194. The average molecular weight is 141 g/mol. The number of nitrogens with two attached hydrogens (primary N) is 1. The molecule has 0 atom stereocenters. The third-order valence-corrected chi connectivity index (χ3v) is 1.28. The molecular weight excluding hydrogens is 130 g/mol. The number of aryl methyl sites for hydroxylation is 1. The second-order valence-corrected chi connectivity index (χ2v) is 1.92. The highest BCUT2D eigenvalue weighted by Gasteiger charge is 1.98. The molecule has 0 aliphatic carbocycles. The molecule has 0 fully saturated rings. The molecule has 0 spiro atoms. The van der Waals surface area contributed by atoms with Crippen molar-refractivity contribution in [3.63, 3.8) is 0 Å². The number of hydrazine groups is 1. The summed E-state index contributed by atoms with van der Waals surface area (Å²) in [7, 11) is 0. The van der Waals surface area contributed by atoms with E-state index in [0.717, 1.165) is 12.2 Å². The molecule has 1 heterocycles. The third kappa shape index (κ3) is 1.31. The highest BCUT2D eigenvalue weighted by molar-refractivity contribution is 4.92. The van der Waals surface area contributed by atoms with Gasteiger partial charge in [-0.05, 0) is 6.92 Å².